The third kappa shape index (κ3) is 4.42. The van der Waals surface area contributed by atoms with Crippen LogP contribution in [0.2, 0.25) is 0 Å². The Morgan fingerprint density at radius 3 is 3.00 bits per heavy atom. The quantitative estimate of drug-likeness (QED) is 0.796. The summed E-state index contributed by atoms with van der Waals surface area (Å²) in [4.78, 5) is 25.4. The maximum Gasteiger partial charge on any atom is 0.255 e. The van der Waals surface area contributed by atoms with Crippen LogP contribution >= 0.6 is 0 Å². The first-order valence-electron chi connectivity index (χ1n) is 11.5. The first kappa shape index (κ1) is 20.4. The van der Waals surface area contributed by atoms with Crippen LogP contribution in [0.4, 0.5) is 5.95 Å². The summed E-state index contributed by atoms with van der Waals surface area (Å²) >= 11 is 0. The number of aromatic amines is 1. The van der Waals surface area contributed by atoms with Gasteiger partial charge in [0, 0.05) is 38.3 Å². The molecular weight excluding hydrogens is 392 g/mol. The van der Waals surface area contributed by atoms with Gasteiger partial charge in [0.05, 0.1) is 5.69 Å². The smallest absolute Gasteiger partial charge is 0.255 e. The molecule has 7 nitrogen and oxygen atoms in total. The van der Waals surface area contributed by atoms with Crippen molar-refractivity contribution in [3.8, 4) is 11.5 Å². The number of hydrogen-bond donors (Lipinski definition) is 1. The summed E-state index contributed by atoms with van der Waals surface area (Å²) in [7, 11) is 0. The third-order valence-electron chi connectivity index (χ3n) is 6.69. The Balaban J connectivity index is 1.25. The monoisotopic (exact) mass is 424 g/mol. The van der Waals surface area contributed by atoms with Crippen LogP contribution in [0, 0.1) is 11.8 Å². The lowest BCUT2D eigenvalue weighted by molar-refractivity contribution is 0.174. The van der Waals surface area contributed by atoms with Gasteiger partial charge in [-0.25, -0.2) is 4.98 Å². The van der Waals surface area contributed by atoms with E-state index in [9.17, 15) is 4.79 Å². The van der Waals surface area contributed by atoms with Crippen molar-refractivity contribution in [1.29, 1.82) is 0 Å². The molecular formula is C24H32N4O3. The second-order valence-corrected chi connectivity index (χ2v) is 9.49. The van der Waals surface area contributed by atoms with Crippen molar-refractivity contribution in [2.75, 3.05) is 37.9 Å². The van der Waals surface area contributed by atoms with Crippen LogP contribution < -0.4 is 19.9 Å². The summed E-state index contributed by atoms with van der Waals surface area (Å²) in [6, 6.07) is 6.22. The molecule has 1 aromatic heterocycles. The minimum Gasteiger partial charge on any atom is -0.454 e. The predicted molar refractivity (Wildman–Crippen MR) is 120 cm³/mol. The minimum atomic E-state index is 0.0475. The van der Waals surface area contributed by atoms with Gasteiger partial charge in [0.1, 0.15) is 0 Å². The van der Waals surface area contributed by atoms with E-state index in [2.05, 4.69) is 40.8 Å². The van der Waals surface area contributed by atoms with E-state index in [1.165, 1.54) is 12.0 Å². The van der Waals surface area contributed by atoms with Crippen molar-refractivity contribution in [3.63, 3.8) is 0 Å². The molecule has 0 spiro atoms. The van der Waals surface area contributed by atoms with Gasteiger partial charge in [-0.1, -0.05) is 19.9 Å². The number of aromatic nitrogens is 2. The van der Waals surface area contributed by atoms with E-state index in [0.717, 1.165) is 80.7 Å². The van der Waals surface area contributed by atoms with Gasteiger partial charge in [0.25, 0.3) is 5.56 Å². The molecule has 2 atom stereocenters. The molecule has 1 fully saturated rings. The first-order valence-corrected chi connectivity index (χ1v) is 11.5. The highest BCUT2D eigenvalue weighted by Gasteiger charge is 2.25. The van der Waals surface area contributed by atoms with Gasteiger partial charge < -0.3 is 14.4 Å². The van der Waals surface area contributed by atoms with Crippen LogP contribution in [0.25, 0.3) is 0 Å². The normalized spacial score (nSPS) is 21.7. The molecule has 0 aliphatic carbocycles. The zero-order chi connectivity index (χ0) is 21.4. The van der Waals surface area contributed by atoms with Crippen molar-refractivity contribution in [2.45, 2.75) is 46.1 Å². The van der Waals surface area contributed by atoms with E-state index in [1.54, 1.807) is 0 Å². The molecule has 0 unspecified atom stereocenters. The summed E-state index contributed by atoms with van der Waals surface area (Å²) < 4.78 is 10.9. The molecule has 2 aromatic rings. The maximum atomic E-state index is 12.7. The van der Waals surface area contributed by atoms with Crippen LogP contribution in [0.5, 0.6) is 11.5 Å². The standard InChI is InChI=1S/C24H32N4O3/c1-16-4-3-8-28(13-16)24-25-20-14-27(9-7-19(20)23(29)26-24)12-17(2)10-18-5-6-21-22(11-18)31-15-30-21/h5-6,11,16-17H,3-4,7-10,12-15H2,1-2H3,(H,25,26,29)/t16-,17+/m0/s1. The Morgan fingerprint density at radius 2 is 2.13 bits per heavy atom. The average Bonchev–Trinajstić information content (AvgIpc) is 3.21. The third-order valence-corrected chi connectivity index (χ3v) is 6.69. The van der Waals surface area contributed by atoms with E-state index in [-0.39, 0.29) is 5.56 Å². The number of nitrogens with one attached hydrogen (secondary N) is 1. The minimum absolute atomic E-state index is 0.0475. The van der Waals surface area contributed by atoms with Gasteiger partial charge >= 0.3 is 0 Å². The Hall–Kier alpha value is -2.54. The van der Waals surface area contributed by atoms with Crippen molar-refractivity contribution in [1.82, 2.24) is 14.9 Å². The van der Waals surface area contributed by atoms with Crippen LogP contribution in [-0.4, -0.2) is 47.8 Å². The first-order chi connectivity index (χ1) is 15.0. The zero-order valence-electron chi connectivity index (χ0n) is 18.5. The van der Waals surface area contributed by atoms with Crippen molar-refractivity contribution in [2.24, 2.45) is 11.8 Å². The summed E-state index contributed by atoms with van der Waals surface area (Å²) in [5, 5.41) is 0. The zero-order valence-corrected chi connectivity index (χ0v) is 18.5. The van der Waals surface area contributed by atoms with Gasteiger partial charge in [-0.3, -0.25) is 14.7 Å². The fourth-order valence-corrected chi connectivity index (χ4v) is 5.14. The summed E-state index contributed by atoms with van der Waals surface area (Å²) in [6.45, 7) is 9.45. The van der Waals surface area contributed by atoms with E-state index in [0.29, 0.717) is 18.6 Å². The van der Waals surface area contributed by atoms with Gasteiger partial charge in [-0.2, -0.15) is 0 Å². The van der Waals surface area contributed by atoms with Crippen molar-refractivity contribution >= 4 is 5.95 Å². The maximum absolute atomic E-state index is 12.7. The predicted octanol–water partition coefficient (Wildman–Crippen LogP) is 2.97. The lowest BCUT2D eigenvalue weighted by atomic mass is 9.98. The van der Waals surface area contributed by atoms with Crippen LogP contribution in [-0.2, 0) is 19.4 Å². The van der Waals surface area contributed by atoms with E-state index in [4.69, 9.17) is 14.5 Å². The van der Waals surface area contributed by atoms with E-state index >= 15 is 0 Å². The molecule has 0 amide bonds. The van der Waals surface area contributed by atoms with Crippen LogP contribution in [0.15, 0.2) is 23.0 Å². The molecule has 1 aromatic carbocycles. The van der Waals surface area contributed by atoms with E-state index < -0.39 is 0 Å². The van der Waals surface area contributed by atoms with Gasteiger partial charge in [-0.15, -0.1) is 0 Å². The van der Waals surface area contributed by atoms with Gasteiger partial charge in [0.2, 0.25) is 12.7 Å². The number of ether oxygens (including phenoxy) is 2. The number of piperidine rings is 1. The number of fused-ring (bicyclic) bond motifs is 2. The largest absolute Gasteiger partial charge is 0.454 e. The van der Waals surface area contributed by atoms with E-state index in [1.807, 2.05) is 6.07 Å². The molecule has 4 heterocycles. The second kappa shape index (κ2) is 8.54. The Morgan fingerprint density at radius 1 is 1.26 bits per heavy atom. The Kier molecular flexibility index (Phi) is 5.61. The lowest BCUT2D eigenvalue weighted by Crippen LogP contribution is -2.40. The van der Waals surface area contributed by atoms with Crippen LogP contribution in [0.3, 0.4) is 0 Å². The SMILES string of the molecule is C[C@H](Cc1ccc2c(c1)OCO2)CN1CCc2c(nc(N3CCC[C@H](C)C3)[nH]c2=O)C1. The Bertz CT molecular complexity index is 1000. The summed E-state index contributed by atoms with van der Waals surface area (Å²) in [5.74, 6) is 3.57. The van der Waals surface area contributed by atoms with Crippen LogP contribution in [0.1, 0.15) is 43.5 Å². The molecule has 7 heteroatoms. The van der Waals surface area contributed by atoms with Crippen molar-refractivity contribution in [3.05, 3.63) is 45.4 Å². The van der Waals surface area contributed by atoms with Crippen molar-refractivity contribution < 1.29 is 9.47 Å². The number of rotatable bonds is 5. The molecule has 0 bridgehead atoms. The van der Waals surface area contributed by atoms with Gasteiger partial charge in [0.15, 0.2) is 11.5 Å². The number of benzene rings is 1. The molecule has 3 aliphatic rings. The molecule has 0 saturated carbocycles. The number of H-pyrrole nitrogens is 1. The average molecular weight is 425 g/mol. The number of hydrogen-bond acceptors (Lipinski definition) is 6. The highest BCUT2D eigenvalue weighted by Crippen LogP contribution is 2.33. The highest BCUT2D eigenvalue weighted by molar-refractivity contribution is 5.44. The molecule has 166 valence electrons. The topological polar surface area (TPSA) is 70.7 Å². The molecule has 1 N–H and O–H groups in total. The Labute approximate surface area is 183 Å². The number of nitrogens with zero attached hydrogens (tertiary/aromatic N) is 3. The molecule has 3 aliphatic heterocycles. The molecule has 1 saturated heterocycles. The summed E-state index contributed by atoms with van der Waals surface area (Å²) in [5.41, 5.74) is 3.14. The van der Waals surface area contributed by atoms with Gasteiger partial charge in [-0.05, 0) is 55.2 Å². The highest BCUT2D eigenvalue weighted by atomic mass is 16.7. The summed E-state index contributed by atoms with van der Waals surface area (Å²) in [6.07, 6.45) is 4.16. The molecule has 5 rings (SSSR count). The second-order valence-electron chi connectivity index (χ2n) is 9.49. The molecule has 31 heavy (non-hydrogen) atoms. The molecule has 0 radical (unpaired) electrons. The fourth-order valence-electron chi connectivity index (χ4n) is 5.14. The lowest BCUT2D eigenvalue weighted by Gasteiger charge is -2.33. The number of anilines is 1. The fraction of sp³-hybridized carbons (Fsp3) is 0.583.